The van der Waals surface area contributed by atoms with E-state index in [9.17, 15) is 14.4 Å². The van der Waals surface area contributed by atoms with Gasteiger partial charge in [-0.25, -0.2) is 0 Å². The standard InChI is InChI=1S/C25H40N2O5/c1-19(2)22(20-10-8-7-9-11-20)23(30)27-16-25(5,6)18-32-17-24(3,4)15-26-21(29)14-31-13-12-28/h7-12,19,22H,13-18H2,1-6H3,(H,26,29)(H,27,30). The number of carbonyl (C=O) groups excluding carboxylic acids is 3. The zero-order valence-corrected chi connectivity index (χ0v) is 20.4. The van der Waals surface area contributed by atoms with Crippen molar-refractivity contribution in [3.63, 3.8) is 0 Å². The normalized spacial score (nSPS) is 13.0. The van der Waals surface area contributed by atoms with E-state index in [1.54, 1.807) is 0 Å². The van der Waals surface area contributed by atoms with Crippen molar-refractivity contribution in [1.29, 1.82) is 0 Å². The topological polar surface area (TPSA) is 93.7 Å². The summed E-state index contributed by atoms with van der Waals surface area (Å²) in [6.07, 6.45) is 0.611. The number of carbonyl (C=O) groups is 3. The van der Waals surface area contributed by atoms with Gasteiger partial charge in [-0.2, -0.15) is 0 Å². The molecule has 7 heteroatoms. The Balaban J connectivity index is 2.44. The smallest absolute Gasteiger partial charge is 0.246 e. The number of hydrogen-bond donors (Lipinski definition) is 2. The molecular weight excluding hydrogens is 408 g/mol. The molecule has 1 unspecified atom stereocenters. The molecule has 0 aliphatic heterocycles. The number of hydrogen-bond acceptors (Lipinski definition) is 5. The quantitative estimate of drug-likeness (QED) is 0.318. The van der Waals surface area contributed by atoms with Crippen molar-refractivity contribution in [1.82, 2.24) is 10.6 Å². The number of rotatable bonds is 15. The first-order chi connectivity index (χ1) is 15.0. The predicted molar refractivity (Wildman–Crippen MR) is 125 cm³/mol. The molecule has 0 saturated heterocycles. The maximum absolute atomic E-state index is 12.9. The van der Waals surface area contributed by atoms with Crippen LogP contribution < -0.4 is 10.6 Å². The van der Waals surface area contributed by atoms with Gasteiger partial charge in [0.15, 0.2) is 0 Å². The van der Waals surface area contributed by atoms with E-state index in [0.717, 1.165) is 5.56 Å². The van der Waals surface area contributed by atoms with Crippen LogP contribution in [0.4, 0.5) is 0 Å². The molecule has 2 amide bonds. The van der Waals surface area contributed by atoms with Crippen LogP contribution >= 0.6 is 0 Å². The third-order valence-electron chi connectivity index (χ3n) is 5.02. The molecule has 0 aliphatic rings. The molecule has 2 N–H and O–H groups in total. The molecule has 0 aromatic heterocycles. The van der Waals surface area contributed by atoms with Gasteiger partial charge in [0.1, 0.15) is 19.5 Å². The summed E-state index contributed by atoms with van der Waals surface area (Å²) >= 11 is 0. The fourth-order valence-corrected chi connectivity index (χ4v) is 3.23. The Bertz CT molecular complexity index is 716. The summed E-state index contributed by atoms with van der Waals surface area (Å²) < 4.78 is 10.8. The third kappa shape index (κ3) is 10.9. The van der Waals surface area contributed by atoms with Gasteiger partial charge in [0.2, 0.25) is 11.8 Å². The molecule has 0 fully saturated rings. The molecule has 7 nitrogen and oxygen atoms in total. The summed E-state index contributed by atoms with van der Waals surface area (Å²) in [5, 5.41) is 5.89. The van der Waals surface area contributed by atoms with Crippen LogP contribution in [0.25, 0.3) is 0 Å². The maximum Gasteiger partial charge on any atom is 0.246 e. The van der Waals surface area contributed by atoms with Crippen molar-refractivity contribution < 1.29 is 23.9 Å². The van der Waals surface area contributed by atoms with E-state index >= 15 is 0 Å². The van der Waals surface area contributed by atoms with Gasteiger partial charge < -0.3 is 24.9 Å². The molecule has 0 aliphatic carbocycles. The Hall–Kier alpha value is -2.25. The van der Waals surface area contributed by atoms with Gasteiger partial charge in [0.25, 0.3) is 0 Å². The van der Waals surface area contributed by atoms with Crippen LogP contribution in [0, 0.1) is 16.7 Å². The second-order valence-corrected chi connectivity index (χ2v) is 10.1. The van der Waals surface area contributed by atoms with E-state index in [-0.39, 0.29) is 47.7 Å². The summed E-state index contributed by atoms with van der Waals surface area (Å²) in [5.41, 5.74) is 0.514. The lowest BCUT2D eigenvalue weighted by Gasteiger charge is -2.30. The lowest BCUT2D eigenvalue weighted by atomic mass is 9.87. The molecular formula is C25H40N2O5. The van der Waals surface area contributed by atoms with E-state index in [0.29, 0.717) is 32.6 Å². The van der Waals surface area contributed by atoms with Gasteiger partial charge >= 0.3 is 0 Å². The van der Waals surface area contributed by atoms with Crippen LogP contribution in [-0.2, 0) is 23.9 Å². The highest BCUT2D eigenvalue weighted by Crippen LogP contribution is 2.25. The second kappa shape index (κ2) is 13.3. The van der Waals surface area contributed by atoms with E-state index in [4.69, 9.17) is 9.47 Å². The van der Waals surface area contributed by atoms with Crippen LogP contribution in [0.5, 0.6) is 0 Å². The van der Waals surface area contributed by atoms with Crippen molar-refractivity contribution in [3.05, 3.63) is 35.9 Å². The van der Waals surface area contributed by atoms with Crippen LogP contribution in [0.3, 0.4) is 0 Å². The van der Waals surface area contributed by atoms with Gasteiger partial charge in [-0.1, -0.05) is 71.9 Å². The minimum absolute atomic E-state index is 0.0270. The Labute approximate surface area is 192 Å². The van der Waals surface area contributed by atoms with Crippen molar-refractivity contribution >= 4 is 18.1 Å². The number of benzene rings is 1. The lowest BCUT2D eigenvalue weighted by Crippen LogP contribution is -2.42. The van der Waals surface area contributed by atoms with Gasteiger partial charge in [-0.3, -0.25) is 9.59 Å². The zero-order chi connectivity index (χ0) is 24.2. The molecule has 0 spiro atoms. The molecule has 180 valence electrons. The van der Waals surface area contributed by atoms with E-state index in [1.807, 2.05) is 44.2 Å². The highest BCUT2D eigenvalue weighted by atomic mass is 16.5. The highest BCUT2D eigenvalue weighted by Gasteiger charge is 2.27. The van der Waals surface area contributed by atoms with E-state index in [2.05, 4.69) is 38.3 Å². The lowest BCUT2D eigenvalue weighted by molar-refractivity contribution is -0.127. The average Bonchev–Trinajstić information content (AvgIpc) is 2.71. The van der Waals surface area contributed by atoms with Crippen LogP contribution in [0.15, 0.2) is 30.3 Å². The Morgan fingerprint density at radius 1 is 0.938 bits per heavy atom. The first-order valence-electron chi connectivity index (χ1n) is 11.2. The minimum Gasteiger partial charge on any atom is -0.380 e. The van der Waals surface area contributed by atoms with Gasteiger partial charge in [-0.05, 0) is 11.5 Å². The minimum atomic E-state index is -0.268. The monoisotopic (exact) mass is 448 g/mol. The number of nitrogens with one attached hydrogen (secondary N) is 2. The molecule has 1 atom stereocenters. The summed E-state index contributed by atoms with van der Waals surface area (Å²) in [6, 6.07) is 9.85. The van der Waals surface area contributed by atoms with Crippen LogP contribution in [0.2, 0.25) is 0 Å². The molecule has 0 heterocycles. The molecule has 1 aromatic carbocycles. The SMILES string of the molecule is CC(C)C(C(=O)NCC(C)(C)COCC(C)(C)CNC(=O)COCC=O)c1ccccc1. The molecule has 1 aromatic rings. The largest absolute Gasteiger partial charge is 0.380 e. The number of ether oxygens (including phenoxy) is 2. The number of aldehydes is 1. The van der Waals surface area contributed by atoms with E-state index < -0.39 is 0 Å². The Morgan fingerprint density at radius 2 is 1.50 bits per heavy atom. The van der Waals surface area contributed by atoms with Crippen LogP contribution in [-0.4, -0.2) is 57.6 Å². The van der Waals surface area contributed by atoms with Crippen molar-refractivity contribution in [2.45, 2.75) is 47.5 Å². The zero-order valence-electron chi connectivity index (χ0n) is 20.4. The first kappa shape index (κ1) is 27.8. The fourth-order valence-electron chi connectivity index (χ4n) is 3.23. The van der Waals surface area contributed by atoms with Gasteiger partial charge in [0, 0.05) is 23.9 Å². The van der Waals surface area contributed by atoms with E-state index in [1.165, 1.54) is 0 Å². The maximum atomic E-state index is 12.9. The number of amides is 2. The highest BCUT2D eigenvalue weighted by molar-refractivity contribution is 5.84. The second-order valence-electron chi connectivity index (χ2n) is 10.1. The molecule has 32 heavy (non-hydrogen) atoms. The van der Waals surface area contributed by atoms with Gasteiger partial charge in [0.05, 0.1) is 19.1 Å². The summed E-state index contributed by atoms with van der Waals surface area (Å²) in [7, 11) is 0. The predicted octanol–water partition coefficient (Wildman–Crippen LogP) is 2.94. The van der Waals surface area contributed by atoms with Gasteiger partial charge in [-0.15, -0.1) is 0 Å². The van der Waals surface area contributed by atoms with Crippen molar-refractivity contribution in [2.24, 2.45) is 16.7 Å². The molecule has 0 bridgehead atoms. The summed E-state index contributed by atoms with van der Waals surface area (Å²) in [5.74, 6) is -0.234. The Morgan fingerprint density at radius 3 is 2.03 bits per heavy atom. The first-order valence-corrected chi connectivity index (χ1v) is 11.2. The molecule has 0 saturated carbocycles. The fraction of sp³-hybridized carbons (Fsp3) is 0.640. The van der Waals surface area contributed by atoms with Crippen molar-refractivity contribution in [2.75, 3.05) is 39.5 Å². The van der Waals surface area contributed by atoms with Crippen molar-refractivity contribution in [3.8, 4) is 0 Å². The summed E-state index contributed by atoms with van der Waals surface area (Å²) in [6.45, 7) is 13.9. The third-order valence-corrected chi connectivity index (χ3v) is 5.02. The molecule has 0 radical (unpaired) electrons. The average molecular weight is 449 g/mol. The Kier molecular flexibility index (Phi) is 11.6. The molecule has 1 rings (SSSR count). The van der Waals surface area contributed by atoms with Crippen LogP contribution in [0.1, 0.15) is 53.0 Å². The summed E-state index contributed by atoms with van der Waals surface area (Å²) in [4.78, 5) is 34.8.